The highest BCUT2D eigenvalue weighted by Crippen LogP contribution is 2.24. The van der Waals surface area contributed by atoms with Crippen LogP contribution < -0.4 is 10.6 Å². The van der Waals surface area contributed by atoms with Crippen LogP contribution in [0.2, 0.25) is 0 Å². The van der Waals surface area contributed by atoms with Crippen molar-refractivity contribution in [1.29, 1.82) is 0 Å². The van der Waals surface area contributed by atoms with Crippen molar-refractivity contribution in [2.24, 2.45) is 5.92 Å². The lowest BCUT2D eigenvalue weighted by Crippen LogP contribution is -2.46. The zero-order chi connectivity index (χ0) is 22.6. The van der Waals surface area contributed by atoms with E-state index in [0.717, 1.165) is 10.8 Å². The van der Waals surface area contributed by atoms with Gasteiger partial charge in [-0.2, -0.15) is 4.31 Å². The number of piperidine rings is 1. The van der Waals surface area contributed by atoms with Gasteiger partial charge in [-0.1, -0.05) is 48.5 Å². The van der Waals surface area contributed by atoms with Crippen LogP contribution in [0.1, 0.15) is 12.8 Å². The molecule has 1 heterocycles. The molecule has 0 radical (unpaired) electrons. The molecule has 7 nitrogen and oxygen atoms in total. The largest absolute Gasteiger partial charge is 0.347 e. The van der Waals surface area contributed by atoms with Gasteiger partial charge in [0.05, 0.1) is 17.4 Å². The van der Waals surface area contributed by atoms with Crippen molar-refractivity contribution in [1.82, 2.24) is 9.62 Å². The Morgan fingerprint density at radius 2 is 1.66 bits per heavy atom. The summed E-state index contributed by atoms with van der Waals surface area (Å²) in [5.74, 6) is -1.14. The highest BCUT2D eigenvalue weighted by Gasteiger charge is 2.33. The lowest BCUT2D eigenvalue weighted by atomic mass is 9.99. The number of fused-ring (bicyclic) bond motifs is 1. The van der Waals surface area contributed by atoms with E-state index in [-0.39, 0.29) is 29.8 Å². The molecule has 2 N–H and O–H groups in total. The van der Waals surface area contributed by atoms with E-state index in [1.165, 1.54) is 4.31 Å². The first-order valence-electron chi connectivity index (χ1n) is 10.5. The minimum Gasteiger partial charge on any atom is -0.347 e. The van der Waals surface area contributed by atoms with E-state index in [1.54, 1.807) is 30.3 Å². The van der Waals surface area contributed by atoms with Crippen LogP contribution in [-0.2, 0) is 19.6 Å². The number of hydrogen-bond donors (Lipinski definition) is 2. The van der Waals surface area contributed by atoms with Crippen molar-refractivity contribution in [3.8, 4) is 0 Å². The molecule has 1 atom stereocenters. The van der Waals surface area contributed by atoms with Gasteiger partial charge in [-0.25, -0.2) is 8.42 Å². The lowest BCUT2D eigenvalue weighted by Gasteiger charge is -2.31. The predicted octanol–water partition coefficient (Wildman–Crippen LogP) is 3.00. The van der Waals surface area contributed by atoms with Gasteiger partial charge in [0, 0.05) is 18.8 Å². The summed E-state index contributed by atoms with van der Waals surface area (Å²) in [4.78, 5) is 25.2. The fourth-order valence-electron chi connectivity index (χ4n) is 3.90. The van der Waals surface area contributed by atoms with E-state index in [4.69, 9.17) is 0 Å². The van der Waals surface area contributed by atoms with Gasteiger partial charge in [0.1, 0.15) is 0 Å². The van der Waals surface area contributed by atoms with Crippen molar-refractivity contribution in [2.75, 3.05) is 25.0 Å². The van der Waals surface area contributed by atoms with E-state index in [2.05, 4.69) is 10.6 Å². The molecule has 2 amide bonds. The third-order valence-electron chi connectivity index (χ3n) is 5.59. The van der Waals surface area contributed by atoms with Crippen molar-refractivity contribution in [2.45, 2.75) is 17.7 Å². The molecule has 8 heteroatoms. The molecular formula is C24H25N3O4S. The van der Waals surface area contributed by atoms with Crippen LogP contribution in [0.5, 0.6) is 0 Å². The number of carbonyl (C=O) groups excluding carboxylic acids is 2. The third kappa shape index (κ3) is 4.98. The number of benzene rings is 3. The predicted molar refractivity (Wildman–Crippen MR) is 124 cm³/mol. The third-order valence-corrected chi connectivity index (χ3v) is 7.47. The molecule has 4 rings (SSSR count). The minimum atomic E-state index is -3.64. The van der Waals surface area contributed by atoms with Crippen LogP contribution in [0.25, 0.3) is 10.8 Å². The second-order valence-corrected chi connectivity index (χ2v) is 9.78. The van der Waals surface area contributed by atoms with Gasteiger partial charge in [0.25, 0.3) is 0 Å². The first-order chi connectivity index (χ1) is 15.4. The van der Waals surface area contributed by atoms with E-state index >= 15 is 0 Å². The second-order valence-electron chi connectivity index (χ2n) is 7.84. The van der Waals surface area contributed by atoms with Crippen LogP contribution in [-0.4, -0.2) is 44.2 Å². The molecular weight excluding hydrogens is 426 g/mol. The average Bonchev–Trinajstić information content (AvgIpc) is 2.83. The van der Waals surface area contributed by atoms with Crippen LogP contribution in [0.4, 0.5) is 5.69 Å². The summed E-state index contributed by atoms with van der Waals surface area (Å²) in [7, 11) is -3.64. The van der Waals surface area contributed by atoms with Crippen LogP contribution in [0, 0.1) is 5.92 Å². The fourth-order valence-corrected chi connectivity index (χ4v) is 5.45. The molecule has 0 aromatic heterocycles. The van der Waals surface area contributed by atoms with Gasteiger partial charge in [-0.15, -0.1) is 0 Å². The number of nitrogens with one attached hydrogen (secondary N) is 2. The number of amides is 2. The maximum Gasteiger partial charge on any atom is 0.243 e. The molecule has 0 unspecified atom stereocenters. The van der Waals surface area contributed by atoms with Crippen LogP contribution in [0.3, 0.4) is 0 Å². The summed E-state index contributed by atoms with van der Waals surface area (Å²) < 4.78 is 27.0. The first kappa shape index (κ1) is 22.0. The molecule has 3 aromatic rings. The molecule has 1 aliphatic heterocycles. The summed E-state index contributed by atoms with van der Waals surface area (Å²) in [6.07, 6.45) is 1.17. The zero-order valence-corrected chi connectivity index (χ0v) is 18.3. The van der Waals surface area contributed by atoms with Crippen molar-refractivity contribution in [3.63, 3.8) is 0 Å². The highest BCUT2D eigenvalue weighted by atomic mass is 32.2. The number of rotatable bonds is 6. The van der Waals surface area contributed by atoms with Gasteiger partial charge in [-0.3, -0.25) is 9.59 Å². The SMILES string of the molecule is O=C(CNC(=O)[C@H]1CCCN(S(=O)(=O)c2ccccc2)C1)Nc1ccc2ccccc2c1. The number of sulfonamides is 1. The monoisotopic (exact) mass is 451 g/mol. The smallest absolute Gasteiger partial charge is 0.243 e. The molecule has 32 heavy (non-hydrogen) atoms. The normalized spacial score (nSPS) is 17.1. The van der Waals surface area contributed by atoms with E-state index in [1.807, 2.05) is 42.5 Å². The van der Waals surface area contributed by atoms with Gasteiger partial charge in [0.15, 0.2) is 0 Å². The Hall–Kier alpha value is -3.23. The number of hydrogen-bond acceptors (Lipinski definition) is 4. The molecule has 0 aliphatic carbocycles. The standard InChI is InChI=1S/C24H25N3O4S/c28-23(26-21-13-12-18-7-4-5-8-19(18)15-21)16-25-24(29)20-9-6-14-27(17-20)32(30,31)22-10-2-1-3-11-22/h1-5,7-8,10-13,15,20H,6,9,14,16-17H2,(H,25,29)(H,26,28)/t20-/m0/s1. The lowest BCUT2D eigenvalue weighted by molar-refractivity contribution is -0.128. The van der Waals surface area contributed by atoms with Crippen LogP contribution in [0.15, 0.2) is 77.7 Å². The number of anilines is 1. The summed E-state index contributed by atoms with van der Waals surface area (Å²) in [5, 5.41) is 7.52. The fraction of sp³-hybridized carbons (Fsp3) is 0.250. The molecule has 1 saturated heterocycles. The Balaban J connectivity index is 1.32. The summed E-state index contributed by atoms with van der Waals surface area (Å²) in [5.41, 5.74) is 0.653. The van der Waals surface area contributed by atoms with Crippen molar-refractivity contribution < 1.29 is 18.0 Å². The molecule has 0 spiro atoms. The van der Waals surface area contributed by atoms with Crippen molar-refractivity contribution >= 4 is 38.3 Å². The Labute approximate surface area is 187 Å². The molecule has 1 aliphatic rings. The quantitative estimate of drug-likeness (QED) is 0.602. The summed E-state index contributed by atoms with van der Waals surface area (Å²) in [6.45, 7) is 0.312. The summed E-state index contributed by atoms with van der Waals surface area (Å²) >= 11 is 0. The Morgan fingerprint density at radius 3 is 2.44 bits per heavy atom. The van der Waals surface area contributed by atoms with E-state index in [0.29, 0.717) is 25.1 Å². The summed E-state index contributed by atoms with van der Waals surface area (Å²) in [6, 6.07) is 21.7. The van der Waals surface area contributed by atoms with E-state index < -0.39 is 15.9 Å². The highest BCUT2D eigenvalue weighted by molar-refractivity contribution is 7.89. The molecule has 3 aromatic carbocycles. The minimum absolute atomic E-state index is 0.107. The van der Waals surface area contributed by atoms with E-state index in [9.17, 15) is 18.0 Å². The zero-order valence-electron chi connectivity index (χ0n) is 17.5. The molecule has 166 valence electrons. The van der Waals surface area contributed by atoms with Gasteiger partial charge >= 0.3 is 0 Å². The first-order valence-corrected chi connectivity index (χ1v) is 12.0. The average molecular weight is 452 g/mol. The Kier molecular flexibility index (Phi) is 6.53. The molecule has 0 bridgehead atoms. The second kappa shape index (κ2) is 9.50. The molecule has 1 fully saturated rings. The van der Waals surface area contributed by atoms with Gasteiger partial charge < -0.3 is 10.6 Å². The maximum atomic E-state index is 12.8. The van der Waals surface area contributed by atoms with Gasteiger partial charge in [-0.05, 0) is 47.9 Å². The topological polar surface area (TPSA) is 95.6 Å². The number of nitrogens with zero attached hydrogens (tertiary/aromatic N) is 1. The Bertz CT molecular complexity index is 1230. The number of carbonyl (C=O) groups is 2. The van der Waals surface area contributed by atoms with Crippen molar-refractivity contribution in [3.05, 3.63) is 72.8 Å². The van der Waals surface area contributed by atoms with Crippen LogP contribution >= 0.6 is 0 Å². The molecule has 0 saturated carbocycles. The van der Waals surface area contributed by atoms with Gasteiger partial charge in [0.2, 0.25) is 21.8 Å². The maximum absolute atomic E-state index is 12.8. The Morgan fingerprint density at radius 1 is 0.938 bits per heavy atom.